The van der Waals surface area contributed by atoms with E-state index >= 15 is 0 Å². The van der Waals surface area contributed by atoms with Crippen molar-refractivity contribution in [3.05, 3.63) is 58.4 Å². The average Bonchev–Trinajstić information content (AvgIpc) is 2.95. The lowest BCUT2D eigenvalue weighted by Crippen LogP contribution is -2.55. The number of hydrogen-bond donors (Lipinski definition) is 3. The number of amides is 1. The van der Waals surface area contributed by atoms with Crippen LogP contribution in [0.1, 0.15) is 43.5 Å². The number of carbonyl (C=O) groups excluding carboxylic acids is 1. The van der Waals surface area contributed by atoms with Crippen molar-refractivity contribution in [2.45, 2.75) is 55.0 Å². The highest BCUT2D eigenvalue weighted by Gasteiger charge is 2.58. The van der Waals surface area contributed by atoms with Crippen LogP contribution in [0.25, 0.3) is 0 Å². The third kappa shape index (κ3) is 5.83. The lowest BCUT2D eigenvalue weighted by Gasteiger charge is -2.45. The zero-order valence-corrected chi connectivity index (χ0v) is 23.4. The molecular formula is C27H32ClF3N2O5S. The molecule has 2 fully saturated rings. The number of carbonyl (C=O) groups is 1. The lowest BCUT2D eigenvalue weighted by molar-refractivity contribution is -0.0842. The van der Waals surface area contributed by atoms with Crippen LogP contribution < -0.4 is 5.32 Å². The zero-order chi connectivity index (χ0) is 28.9. The van der Waals surface area contributed by atoms with Gasteiger partial charge in [0.15, 0.2) is 27.3 Å². The molecule has 6 atom stereocenters. The molecule has 12 heteroatoms. The molecule has 214 valence electrons. The molecule has 4 rings (SSSR count). The fourth-order valence-corrected chi connectivity index (χ4v) is 8.74. The van der Waals surface area contributed by atoms with E-state index in [1.54, 1.807) is 6.92 Å². The number of benzene rings is 2. The molecule has 39 heavy (non-hydrogen) atoms. The molecule has 2 saturated carbocycles. The molecule has 0 aliphatic heterocycles. The van der Waals surface area contributed by atoms with Gasteiger partial charge in [-0.05, 0) is 69.2 Å². The van der Waals surface area contributed by atoms with Crippen LogP contribution in [0.4, 0.5) is 18.9 Å². The van der Waals surface area contributed by atoms with Crippen LogP contribution in [-0.2, 0) is 9.84 Å². The monoisotopic (exact) mass is 588 g/mol. The predicted molar refractivity (Wildman–Crippen MR) is 141 cm³/mol. The molecule has 0 aromatic heterocycles. The van der Waals surface area contributed by atoms with Gasteiger partial charge >= 0.3 is 0 Å². The Morgan fingerprint density at radius 2 is 1.82 bits per heavy atom. The number of aliphatic hydroxyl groups is 2. The minimum Gasteiger partial charge on any atom is -0.392 e. The lowest BCUT2D eigenvalue weighted by atomic mass is 9.73. The number of fused-ring (bicyclic) bond motifs is 2. The van der Waals surface area contributed by atoms with Gasteiger partial charge in [0, 0.05) is 36.5 Å². The van der Waals surface area contributed by atoms with Gasteiger partial charge in [-0.3, -0.25) is 4.79 Å². The van der Waals surface area contributed by atoms with Crippen molar-refractivity contribution in [1.82, 2.24) is 4.90 Å². The van der Waals surface area contributed by atoms with Crippen LogP contribution in [0, 0.1) is 35.2 Å². The van der Waals surface area contributed by atoms with Gasteiger partial charge in [0.2, 0.25) is 0 Å². The van der Waals surface area contributed by atoms with Crippen LogP contribution in [0.5, 0.6) is 0 Å². The van der Waals surface area contributed by atoms with Gasteiger partial charge in [0.1, 0.15) is 0 Å². The van der Waals surface area contributed by atoms with Crippen molar-refractivity contribution < 1.29 is 36.6 Å². The quantitative estimate of drug-likeness (QED) is 0.398. The molecule has 2 aliphatic carbocycles. The maximum Gasteiger partial charge on any atom is 0.255 e. The van der Waals surface area contributed by atoms with E-state index in [1.165, 1.54) is 12.1 Å². The molecular weight excluding hydrogens is 557 g/mol. The Morgan fingerprint density at radius 1 is 1.18 bits per heavy atom. The smallest absolute Gasteiger partial charge is 0.255 e. The highest BCUT2D eigenvalue weighted by molar-refractivity contribution is 7.92. The van der Waals surface area contributed by atoms with Gasteiger partial charge in [0.05, 0.1) is 26.9 Å². The molecule has 7 nitrogen and oxygen atoms in total. The average molecular weight is 589 g/mol. The Morgan fingerprint density at radius 3 is 2.41 bits per heavy atom. The second-order valence-corrected chi connectivity index (χ2v) is 13.6. The minimum atomic E-state index is -4.03. The number of hydrogen-bond acceptors (Lipinski definition) is 6. The van der Waals surface area contributed by atoms with E-state index in [0.717, 1.165) is 6.07 Å². The van der Waals surface area contributed by atoms with Crippen LogP contribution in [0.3, 0.4) is 0 Å². The summed E-state index contributed by atoms with van der Waals surface area (Å²) in [5, 5.41) is 22.7. The number of anilines is 1. The van der Waals surface area contributed by atoms with E-state index in [0.29, 0.717) is 31.6 Å². The molecule has 1 amide bonds. The fraction of sp³-hybridized carbons (Fsp3) is 0.519. The number of nitrogens with zero attached hydrogens (tertiary/aromatic N) is 1. The summed E-state index contributed by atoms with van der Waals surface area (Å²) in [6, 6.07) is 4.88. The summed E-state index contributed by atoms with van der Waals surface area (Å²) >= 11 is 6.28. The Bertz CT molecular complexity index is 1350. The van der Waals surface area contributed by atoms with Gasteiger partial charge < -0.3 is 20.4 Å². The second kappa shape index (κ2) is 11.0. The van der Waals surface area contributed by atoms with E-state index in [2.05, 4.69) is 5.32 Å². The van der Waals surface area contributed by atoms with Crippen LogP contribution in [-0.4, -0.2) is 66.5 Å². The largest absolute Gasteiger partial charge is 0.392 e. The molecule has 0 heterocycles. The number of likely N-dealkylation sites (N-methyl/N-ethyl adjacent to an activating group) is 1. The number of halogens is 4. The highest BCUT2D eigenvalue weighted by Crippen LogP contribution is 2.55. The molecule has 0 spiro atoms. The standard InChI is InChI=1S/C27H32ClF3N2O5S/c1-14-6-17-8-19(11-20(14)27(17,36)13-33(3)12-15(2)34)39(37,38)24-7-16(4-5-21(24)28)26(35)32-18-9-22(29)25(31)23(30)10-18/h4-5,7,9-10,14-15,17,19-20,34,36H,6,8,11-13H2,1-3H3,(H,32,35)/t14-,15?,17?,19+,20+,27+/m0/s1. The molecule has 2 aliphatic rings. The predicted octanol–water partition coefficient (Wildman–Crippen LogP) is 4.26. The van der Waals surface area contributed by atoms with Crippen LogP contribution in [0.2, 0.25) is 5.02 Å². The number of sulfone groups is 1. The normalized spacial score (nSPS) is 27.5. The summed E-state index contributed by atoms with van der Waals surface area (Å²) in [5.74, 6) is -5.99. The summed E-state index contributed by atoms with van der Waals surface area (Å²) in [4.78, 5) is 14.4. The Kier molecular flexibility index (Phi) is 8.41. The first-order valence-corrected chi connectivity index (χ1v) is 14.6. The van der Waals surface area contributed by atoms with E-state index in [4.69, 9.17) is 11.6 Å². The summed E-state index contributed by atoms with van der Waals surface area (Å²) in [7, 11) is -2.23. The molecule has 3 N–H and O–H groups in total. The third-order valence-corrected chi connectivity index (χ3v) is 10.7. The fourth-order valence-electron chi connectivity index (χ4n) is 6.37. The summed E-state index contributed by atoms with van der Waals surface area (Å²) in [5.41, 5.74) is -1.56. The number of nitrogens with one attached hydrogen (secondary N) is 1. The van der Waals surface area contributed by atoms with Crippen LogP contribution >= 0.6 is 11.6 Å². The van der Waals surface area contributed by atoms with Gasteiger partial charge in [-0.15, -0.1) is 0 Å². The second-order valence-electron chi connectivity index (χ2n) is 11.0. The van der Waals surface area contributed by atoms with E-state index < -0.39 is 50.2 Å². The first-order chi connectivity index (χ1) is 18.1. The summed E-state index contributed by atoms with van der Waals surface area (Å²) in [6.07, 6.45) is 0.512. The maximum atomic E-state index is 13.8. The SMILES string of the molecule is CC(O)CN(C)C[C@@]1(O)C2C[C@@H](S(=O)(=O)c3cc(C(=O)Nc4cc(F)c(F)c(F)c4)ccc3Cl)C[C@@H]1[C@@H](C)C2. The Labute approximate surface area is 230 Å². The van der Waals surface area contributed by atoms with Crippen molar-refractivity contribution in [2.75, 3.05) is 25.5 Å². The van der Waals surface area contributed by atoms with Crippen molar-refractivity contribution in [3.63, 3.8) is 0 Å². The van der Waals surface area contributed by atoms with Crippen molar-refractivity contribution in [3.8, 4) is 0 Å². The molecule has 2 bridgehead atoms. The van der Waals surface area contributed by atoms with E-state index in [1.807, 2.05) is 18.9 Å². The molecule has 0 radical (unpaired) electrons. The van der Waals surface area contributed by atoms with Gasteiger partial charge in [-0.2, -0.15) is 0 Å². The van der Waals surface area contributed by atoms with Crippen LogP contribution in [0.15, 0.2) is 35.2 Å². The molecule has 0 saturated heterocycles. The van der Waals surface area contributed by atoms with Gasteiger partial charge in [-0.1, -0.05) is 18.5 Å². The van der Waals surface area contributed by atoms with Gasteiger partial charge in [-0.25, -0.2) is 21.6 Å². The highest BCUT2D eigenvalue weighted by atomic mass is 35.5. The molecule has 2 aromatic carbocycles. The number of rotatable bonds is 8. The van der Waals surface area contributed by atoms with Crippen molar-refractivity contribution in [2.24, 2.45) is 17.8 Å². The maximum absolute atomic E-state index is 13.8. The Balaban J connectivity index is 1.57. The molecule has 2 aromatic rings. The topological polar surface area (TPSA) is 107 Å². The Hall–Kier alpha value is -2.18. The first kappa shape index (κ1) is 29.8. The van der Waals surface area contributed by atoms with E-state index in [-0.39, 0.29) is 51.8 Å². The van der Waals surface area contributed by atoms with Crippen molar-refractivity contribution in [1.29, 1.82) is 0 Å². The van der Waals surface area contributed by atoms with Gasteiger partial charge in [0.25, 0.3) is 5.91 Å². The van der Waals surface area contributed by atoms with E-state index in [9.17, 15) is 36.6 Å². The minimum absolute atomic E-state index is 0.0803. The molecule has 2 unspecified atom stereocenters. The summed E-state index contributed by atoms with van der Waals surface area (Å²) in [6.45, 7) is 4.35. The number of aliphatic hydroxyl groups excluding tert-OH is 1. The summed E-state index contributed by atoms with van der Waals surface area (Å²) < 4.78 is 67.9. The first-order valence-electron chi connectivity index (χ1n) is 12.7. The third-order valence-electron chi connectivity index (χ3n) is 8.04. The zero-order valence-electron chi connectivity index (χ0n) is 21.8. The van der Waals surface area contributed by atoms with Crippen molar-refractivity contribution >= 4 is 33.0 Å².